The van der Waals surface area contributed by atoms with Gasteiger partial charge in [-0.2, -0.15) is 0 Å². The molecule has 0 heterocycles. The first-order valence-corrected chi connectivity index (χ1v) is 3.24. The molecular formula is C8H10O3. The van der Waals surface area contributed by atoms with Crippen molar-refractivity contribution in [3.8, 4) is 11.5 Å². The van der Waals surface area contributed by atoms with Gasteiger partial charge in [-0.25, -0.2) is 0 Å². The van der Waals surface area contributed by atoms with Crippen molar-refractivity contribution in [2.45, 2.75) is 6.61 Å². The van der Waals surface area contributed by atoms with E-state index in [4.69, 9.17) is 14.9 Å². The van der Waals surface area contributed by atoms with Gasteiger partial charge < -0.3 is 14.9 Å². The summed E-state index contributed by atoms with van der Waals surface area (Å²) in [6, 6.07) is 4.59. The smallest absolute Gasteiger partial charge is 0.124 e. The van der Waals surface area contributed by atoms with E-state index in [0.717, 1.165) is 0 Å². The number of aliphatic hydroxyl groups excluding tert-OH is 1. The number of hydrogen-bond acceptors (Lipinski definition) is 3. The molecular weight excluding hydrogens is 144 g/mol. The second-order valence-electron chi connectivity index (χ2n) is 2.15. The molecule has 1 aromatic carbocycles. The number of hydrogen-bond donors (Lipinski definition) is 2. The van der Waals surface area contributed by atoms with Gasteiger partial charge in [-0.05, 0) is 18.2 Å². The fraction of sp³-hybridized carbons (Fsp3) is 0.250. The van der Waals surface area contributed by atoms with Crippen molar-refractivity contribution >= 4 is 0 Å². The summed E-state index contributed by atoms with van der Waals surface area (Å²) < 4.78 is 4.92. The predicted molar refractivity (Wildman–Crippen MR) is 40.6 cm³/mol. The maximum Gasteiger partial charge on any atom is 0.124 e. The van der Waals surface area contributed by atoms with Crippen LogP contribution in [-0.4, -0.2) is 17.3 Å². The van der Waals surface area contributed by atoms with Crippen LogP contribution in [0.5, 0.6) is 11.5 Å². The van der Waals surface area contributed by atoms with Crippen LogP contribution in [0, 0.1) is 0 Å². The average molecular weight is 154 g/mol. The summed E-state index contributed by atoms with van der Waals surface area (Å²) in [6.45, 7) is -0.127. The molecule has 0 aliphatic carbocycles. The van der Waals surface area contributed by atoms with E-state index in [9.17, 15) is 0 Å². The van der Waals surface area contributed by atoms with Crippen LogP contribution >= 0.6 is 0 Å². The van der Waals surface area contributed by atoms with Gasteiger partial charge in [0.15, 0.2) is 0 Å². The van der Waals surface area contributed by atoms with Gasteiger partial charge in [0.2, 0.25) is 0 Å². The molecule has 2 N–H and O–H groups in total. The molecule has 1 aromatic rings. The number of ether oxygens (including phenoxy) is 1. The van der Waals surface area contributed by atoms with E-state index < -0.39 is 0 Å². The van der Waals surface area contributed by atoms with Crippen LogP contribution in [0.3, 0.4) is 0 Å². The van der Waals surface area contributed by atoms with Crippen LogP contribution < -0.4 is 4.74 Å². The Kier molecular flexibility index (Phi) is 2.33. The number of phenolic OH excluding ortho intramolecular Hbond substituents is 1. The van der Waals surface area contributed by atoms with E-state index in [2.05, 4.69) is 0 Å². The van der Waals surface area contributed by atoms with Crippen LogP contribution in [0.15, 0.2) is 18.2 Å². The Morgan fingerprint density at radius 3 is 2.73 bits per heavy atom. The summed E-state index contributed by atoms with van der Waals surface area (Å²) in [6.07, 6.45) is 0. The zero-order valence-electron chi connectivity index (χ0n) is 6.24. The summed E-state index contributed by atoms with van der Waals surface area (Å²) in [4.78, 5) is 0. The highest BCUT2D eigenvalue weighted by molar-refractivity contribution is 5.38. The summed E-state index contributed by atoms with van der Waals surface area (Å²) in [7, 11) is 1.52. The third-order valence-electron chi connectivity index (χ3n) is 1.43. The first kappa shape index (κ1) is 7.88. The Bertz CT molecular complexity index is 245. The molecule has 3 heteroatoms. The predicted octanol–water partition coefficient (Wildman–Crippen LogP) is 0.893. The molecule has 0 saturated carbocycles. The third kappa shape index (κ3) is 1.62. The van der Waals surface area contributed by atoms with Crippen molar-refractivity contribution in [1.29, 1.82) is 0 Å². The Morgan fingerprint density at radius 2 is 2.18 bits per heavy atom. The Morgan fingerprint density at radius 1 is 1.45 bits per heavy atom. The molecule has 0 aliphatic rings. The Balaban J connectivity index is 3.06. The molecule has 60 valence electrons. The van der Waals surface area contributed by atoms with Crippen molar-refractivity contribution in [3.63, 3.8) is 0 Å². The van der Waals surface area contributed by atoms with Crippen LogP contribution in [0.1, 0.15) is 5.56 Å². The van der Waals surface area contributed by atoms with Crippen molar-refractivity contribution in [3.05, 3.63) is 23.8 Å². The molecule has 1 rings (SSSR count). The Labute approximate surface area is 64.9 Å². The molecule has 0 aromatic heterocycles. The number of rotatable bonds is 2. The molecule has 0 fully saturated rings. The summed E-state index contributed by atoms with van der Waals surface area (Å²) in [5, 5.41) is 17.8. The molecule has 0 aliphatic heterocycles. The van der Waals surface area contributed by atoms with Gasteiger partial charge in [-0.1, -0.05) is 0 Å². The van der Waals surface area contributed by atoms with Crippen LogP contribution in [0.4, 0.5) is 0 Å². The van der Waals surface area contributed by atoms with Gasteiger partial charge in [0, 0.05) is 5.56 Å². The van der Waals surface area contributed by atoms with E-state index in [1.165, 1.54) is 19.2 Å². The first-order valence-electron chi connectivity index (χ1n) is 3.24. The van der Waals surface area contributed by atoms with E-state index in [1.54, 1.807) is 6.07 Å². The average Bonchev–Trinajstić information content (AvgIpc) is 2.04. The number of benzene rings is 1. The quantitative estimate of drug-likeness (QED) is 0.665. The number of aromatic hydroxyl groups is 1. The minimum absolute atomic E-state index is 0.127. The van der Waals surface area contributed by atoms with E-state index in [-0.39, 0.29) is 12.4 Å². The monoisotopic (exact) mass is 154 g/mol. The second kappa shape index (κ2) is 3.25. The van der Waals surface area contributed by atoms with Crippen molar-refractivity contribution in [1.82, 2.24) is 0 Å². The zero-order valence-corrected chi connectivity index (χ0v) is 6.24. The standard InChI is InChI=1S/C8H10O3/c1-11-8-3-2-7(10)4-6(8)5-9/h2-4,9-10H,5H2,1H3. The Hall–Kier alpha value is -1.22. The van der Waals surface area contributed by atoms with Gasteiger partial charge in [0.05, 0.1) is 13.7 Å². The van der Waals surface area contributed by atoms with E-state index in [1.807, 2.05) is 0 Å². The molecule has 0 bridgehead atoms. The number of aliphatic hydroxyl groups is 1. The summed E-state index contributed by atoms with van der Waals surface area (Å²) >= 11 is 0. The van der Waals surface area contributed by atoms with E-state index in [0.29, 0.717) is 11.3 Å². The normalized spacial score (nSPS) is 9.64. The molecule has 0 atom stereocenters. The van der Waals surface area contributed by atoms with Gasteiger partial charge in [-0.3, -0.25) is 0 Å². The number of methoxy groups -OCH3 is 1. The highest BCUT2D eigenvalue weighted by Gasteiger charge is 2.01. The maximum atomic E-state index is 9.00. The van der Waals surface area contributed by atoms with Gasteiger partial charge in [0.1, 0.15) is 11.5 Å². The minimum atomic E-state index is -0.127. The van der Waals surface area contributed by atoms with E-state index >= 15 is 0 Å². The third-order valence-corrected chi connectivity index (χ3v) is 1.43. The lowest BCUT2D eigenvalue weighted by Gasteiger charge is -2.05. The highest BCUT2D eigenvalue weighted by atomic mass is 16.5. The fourth-order valence-electron chi connectivity index (χ4n) is 0.889. The maximum absolute atomic E-state index is 9.00. The SMILES string of the molecule is COc1ccc(O)cc1CO. The molecule has 11 heavy (non-hydrogen) atoms. The van der Waals surface area contributed by atoms with Crippen molar-refractivity contribution in [2.24, 2.45) is 0 Å². The van der Waals surface area contributed by atoms with Crippen molar-refractivity contribution < 1.29 is 14.9 Å². The molecule has 0 radical (unpaired) electrons. The molecule has 0 unspecified atom stereocenters. The van der Waals surface area contributed by atoms with Gasteiger partial charge >= 0.3 is 0 Å². The van der Waals surface area contributed by atoms with Crippen LogP contribution in [-0.2, 0) is 6.61 Å². The largest absolute Gasteiger partial charge is 0.508 e. The zero-order chi connectivity index (χ0) is 8.27. The number of phenols is 1. The van der Waals surface area contributed by atoms with Crippen LogP contribution in [0.25, 0.3) is 0 Å². The van der Waals surface area contributed by atoms with Gasteiger partial charge in [0.25, 0.3) is 0 Å². The second-order valence-corrected chi connectivity index (χ2v) is 2.15. The summed E-state index contributed by atoms with van der Waals surface area (Å²) in [5.74, 6) is 0.722. The molecule has 0 spiro atoms. The van der Waals surface area contributed by atoms with Crippen molar-refractivity contribution in [2.75, 3.05) is 7.11 Å². The lowest BCUT2D eigenvalue weighted by atomic mass is 10.2. The molecule has 0 amide bonds. The molecule has 0 saturated heterocycles. The lowest BCUT2D eigenvalue weighted by molar-refractivity contribution is 0.273. The fourth-order valence-corrected chi connectivity index (χ4v) is 0.889. The molecule has 3 nitrogen and oxygen atoms in total. The first-order chi connectivity index (χ1) is 5.27. The van der Waals surface area contributed by atoms with Crippen LogP contribution in [0.2, 0.25) is 0 Å². The topological polar surface area (TPSA) is 49.7 Å². The van der Waals surface area contributed by atoms with Gasteiger partial charge in [-0.15, -0.1) is 0 Å². The highest BCUT2D eigenvalue weighted by Crippen LogP contribution is 2.22. The minimum Gasteiger partial charge on any atom is -0.508 e. The lowest BCUT2D eigenvalue weighted by Crippen LogP contribution is -1.90. The summed E-state index contributed by atoms with van der Waals surface area (Å²) in [5.41, 5.74) is 0.590.